The highest BCUT2D eigenvalue weighted by Crippen LogP contribution is 2.46. The highest BCUT2D eigenvalue weighted by atomic mass is 16.4. The lowest BCUT2D eigenvalue weighted by atomic mass is 9.74. The summed E-state index contributed by atoms with van der Waals surface area (Å²) >= 11 is 0. The lowest BCUT2D eigenvalue weighted by Gasteiger charge is -2.37. The van der Waals surface area contributed by atoms with Gasteiger partial charge in [-0.25, -0.2) is 0 Å². The molecule has 3 heteroatoms. The molecule has 3 nitrogen and oxygen atoms in total. The minimum atomic E-state index is -0.662. The van der Waals surface area contributed by atoms with Crippen molar-refractivity contribution in [3.8, 4) is 0 Å². The van der Waals surface area contributed by atoms with Gasteiger partial charge in [0.2, 0.25) is 0 Å². The lowest BCUT2D eigenvalue weighted by Crippen LogP contribution is -2.53. The van der Waals surface area contributed by atoms with Crippen molar-refractivity contribution in [2.75, 3.05) is 7.05 Å². The molecule has 0 aromatic carbocycles. The molecule has 0 amide bonds. The van der Waals surface area contributed by atoms with Crippen LogP contribution in [0, 0.1) is 11.8 Å². The van der Waals surface area contributed by atoms with E-state index in [2.05, 4.69) is 5.32 Å². The van der Waals surface area contributed by atoms with Crippen LogP contribution in [-0.2, 0) is 4.79 Å². The van der Waals surface area contributed by atoms with Crippen molar-refractivity contribution in [3.05, 3.63) is 0 Å². The predicted molar refractivity (Wildman–Crippen MR) is 54.1 cm³/mol. The Morgan fingerprint density at radius 2 is 2.07 bits per heavy atom. The molecule has 2 saturated carbocycles. The number of hydrogen-bond acceptors (Lipinski definition) is 2. The SMILES string of the molecule is CNC1(C(=O)O)CCCC(C2CC2)C1. The lowest BCUT2D eigenvalue weighted by molar-refractivity contribution is -0.147. The summed E-state index contributed by atoms with van der Waals surface area (Å²) in [5.41, 5.74) is -0.620. The Balaban J connectivity index is 2.06. The molecule has 0 saturated heterocycles. The Labute approximate surface area is 84.9 Å². The molecule has 2 aliphatic carbocycles. The molecule has 0 heterocycles. The van der Waals surface area contributed by atoms with Crippen molar-refractivity contribution in [2.45, 2.75) is 44.1 Å². The molecule has 0 aromatic heterocycles. The van der Waals surface area contributed by atoms with Crippen molar-refractivity contribution < 1.29 is 9.90 Å². The van der Waals surface area contributed by atoms with E-state index >= 15 is 0 Å². The third-order valence-corrected chi connectivity index (χ3v) is 3.97. The van der Waals surface area contributed by atoms with E-state index in [1.54, 1.807) is 7.05 Å². The third-order valence-electron chi connectivity index (χ3n) is 3.97. The van der Waals surface area contributed by atoms with Crippen molar-refractivity contribution in [2.24, 2.45) is 11.8 Å². The van der Waals surface area contributed by atoms with Crippen LogP contribution in [0.3, 0.4) is 0 Å². The number of carboxylic acids is 1. The molecule has 2 aliphatic rings. The van der Waals surface area contributed by atoms with Crippen molar-refractivity contribution in [1.29, 1.82) is 0 Å². The van der Waals surface area contributed by atoms with E-state index in [1.807, 2.05) is 0 Å². The molecular formula is C11H19NO2. The first-order valence-corrected chi connectivity index (χ1v) is 5.60. The van der Waals surface area contributed by atoms with Crippen LogP contribution in [0.1, 0.15) is 38.5 Å². The molecule has 0 bridgehead atoms. The van der Waals surface area contributed by atoms with Crippen molar-refractivity contribution in [3.63, 3.8) is 0 Å². The maximum absolute atomic E-state index is 11.2. The van der Waals surface area contributed by atoms with Gasteiger partial charge in [-0.3, -0.25) is 4.79 Å². The first-order chi connectivity index (χ1) is 6.68. The molecule has 0 radical (unpaired) electrons. The molecule has 2 rings (SSSR count). The fraction of sp³-hybridized carbons (Fsp3) is 0.909. The Hall–Kier alpha value is -0.570. The zero-order chi connectivity index (χ0) is 10.2. The van der Waals surface area contributed by atoms with Crippen LogP contribution in [0.25, 0.3) is 0 Å². The highest BCUT2D eigenvalue weighted by molar-refractivity contribution is 5.78. The van der Waals surface area contributed by atoms with Gasteiger partial charge in [0.05, 0.1) is 0 Å². The van der Waals surface area contributed by atoms with Crippen LogP contribution in [-0.4, -0.2) is 23.7 Å². The van der Waals surface area contributed by atoms with E-state index in [9.17, 15) is 9.90 Å². The van der Waals surface area contributed by atoms with Gasteiger partial charge in [0.25, 0.3) is 0 Å². The topological polar surface area (TPSA) is 49.3 Å². The van der Waals surface area contributed by atoms with Gasteiger partial charge in [0.1, 0.15) is 5.54 Å². The Morgan fingerprint density at radius 1 is 1.36 bits per heavy atom. The number of likely N-dealkylation sites (N-methyl/N-ethyl adjacent to an activating group) is 1. The molecule has 2 unspecified atom stereocenters. The summed E-state index contributed by atoms with van der Waals surface area (Å²) in [7, 11) is 1.78. The quantitative estimate of drug-likeness (QED) is 0.723. The maximum atomic E-state index is 11.2. The second-order valence-electron chi connectivity index (χ2n) is 4.83. The molecule has 14 heavy (non-hydrogen) atoms. The first kappa shape index (κ1) is 9.97. The zero-order valence-corrected chi connectivity index (χ0v) is 8.75. The van der Waals surface area contributed by atoms with Gasteiger partial charge in [-0.2, -0.15) is 0 Å². The van der Waals surface area contributed by atoms with Gasteiger partial charge in [-0.05, 0) is 44.6 Å². The molecule has 0 spiro atoms. The third kappa shape index (κ3) is 1.65. The van der Waals surface area contributed by atoms with Crippen LogP contribution in [0.4, 0.5) is 0 Å². The summed E-state index contributed by atoms with van der Waals surface area (Å²) in [5, 5.41) is 12.3. The van der Waals surface area contributed by atoms with Crippen LogP contribution in [0.15, 0.2) is 0 Å². The highest BCUT2D eigenvalue weighted by Gasteiger charge is 2.45. The summed E-state index contributed by atoms with van der Waals surface area (Å²) in [6.07, 6.45) is 6.58. The van der Waals surface area contributed by atoms with Gasteiger partial charge >= 0.3 is 5.97 Å². The molecule has 0 aromatic rings. The molecular weight excluding hydrogens is 178 g/mol. The number of carbonyl (C=O) groups is 1. The molecule has 2 atom stereocenters. The summed E-state index contributed by atoms with van der Waals surface area (Å²) < 4.78 is 0. The monoisotopic (exact) mass is 197 g/mol. The molecule has 2 fully saturated rings. The van der Waals surface area contributed by atoms with E-state index < -0.39 is 11.5 Å². The number of rotatable bonds is 3. The van der Waals surface area contributed by atoms with E-state index in [1.165, 1.54) is 19.3 Å². The molecule has 2 N–H and O–H groups in total. The average Bonchev–Trinajstić information content (AvgIpc) is 3.01. The Kier molecular flexibility index (Phi) is 2.52. The van der Waals surface area contributed by atoms with Gasteiger partial charge in [-0.15, -0.1) is 0 Å². The fourth-order valence-electron chi connectivity index (χ4n) is 2.82. The normalized spacial score (nSPS) is 38.2. The van der Waals surface area contributed by atoms with Crippen molar-refractivity contribution >= 4 is 5.97 Å². The first-order valence-electron chi connectivity index (χ1n) is 5.60. The summed E-state index contributed by atoms with van der Waals surface area (Å²) in [6, 6.07) is 0. The predicted octanol–water partition coefficient (Wildman–Crippen LogP) is 1.63. The largest absolute Gasteiger partial charge is 0.480 e. The minimum Gasteiger partial charge on any atom is -0.480 e. The van der Waals surface area contributed by atoms with Crippen LogP contribution in [0.2, 0.25) is 0 Å². The Morgan fingerprint density at radius 3 is 2.57 bits per heavy atom. The molecule has 0 aliphatic heterocycles. The Bertz CT molecular complexity index is 237. The molecule has 80 valence electrons. The van der Waals surface area contributed by atoms with Crippen LogP contribution >= 0.6 is 0 Å². The standard InChI is InChI=1S/C11H19NO2/c1-12-11(10(13)14)6-2-3-9(7-11)8-4-5-8/h8-9,12H,2-7H2,1H3,(H,13,14). The second-order valence-corrected chi connectivity index (χ2v) is 4.83. The number of carboxylic acid groups (broad SMARTS) is 1. The number of nitrogens with one attached hydrogen (secondary N) is 1. The summed E-state index contributed by atoms with van der Waals surface area (Å²) in [4.78, 5) is 11.2. The second kappa shape index (κ2) is 3.54. The minimum absolute atomic E-state index is 0.620. The van der Waals surface area contributed by atoms with Crippen LogP contribution in [0.5, 0.6) is 0 Å². The van der Waals surface area contributed by atoms with E-state index in [0.29, 0.717) is 5.92 Å². The van der Waals surface area contributed by atoms with Gasteiger partial charge in [-0.1, -0.05) is 12.8 Å². The average molecular weight is 197 g/mol. The van der Waals surface area contributed by atoms with Gasteiger partial charge in [0, 0.05) is 0 Å². The fourth-order valence-corrected chi connectivity index (χ4v) is 2.82. The smallest absolute Gasteiger partial charge is 0.323 e. The van der Waals surface area contributed by atoms with Gasteiger partial charge in [0.15, 0.2) is 0 Å². The van der Waals surface area contributed by atoms with E-state index in [4.69, 9.17) is 0 Å². The van der Waals surface area contributed by atoms with Crippen LogP contribution < -0.4 is 5.32 Å². The van der Waals surface area contributed by atoms with E-state index in [-0.39, 0.29) is 0 Å². The van der Waals surface area contributed by atoms with Crippen molar-refractivity contribution in [1.82, 2.24) is 5.32 Å². The summed E-state index contributed by atoms with van der Waals surface area (Å²) in [5.74, 6) is 0.833. The zero-order valence-electron chi connectivity index (χ0n) is 8.75. The maximum Gasteiger partial charge on any atom is 0.323 e. The van der Waals surface area contributed by atoms with E-state index in [0.717, 1.165) is 25.2 Å². The summed E-state index contributed by atoms with van der Waals surface area (Å²) in [6.45, 7) is 0. The van der Waals surface area contributed by atoms with Gasteiger partial charge < -0.3 is 10.4 Å². The number of aliphatic carboxylic acids is 1. The number of hydrogen-bond donors (Lipinski definition) is 2.